The first-order valence-corrected chi connectivity index (χ1v) is 4.80. The molecule has 3 N–H and O–H groups in total. The number of halogens is 1. The van der Waals surface area contributed by atoms with Crippen molar-refractivity contribution < 1.29 is 0 Å². The third-order valence-corrected chi connectivity index (χ3v) is 2.23. The summed E-state index contributed by atoms with van der Waals surface area (Å²) in [5.74, 6) is 5.15. The van der Waals surface area contributed by atoms with E-state index in [2.05, 4.69) is 10.5 Å². The Morgan fingerprint density at radius 1 is 1.71 bits per heavy atom. The van der Waals surface area contributed by atoms with Gasteiger partial charge in [0.2, 0.25) is 0 Å². The van der Waals surface area contributed by atoms with E-state index in [1.165, 1.54) is 10.9 Å². The average molecular weight is 217 g/mol. The van der Waals surface area contributed by atoms with Crippen molar-refractivity contribution in [3.63, 3.8) is 0 Å². The van der Waals surface area contributed by atoms with Crippen molar-refractivity contribution in [2.75, 3.05) is 5.43 Å². The van der Waals surface area contributed by atoms with Crippen LogP contribution in [0.3, 0.4) is 0 Å². The zero-order valence-electron chi connectivity index (χ0n) is 7.96. The summed E-state index contributed by atoms with van der Waals surface area (Å²) in [5, 5.41) is 4.01. The molecule has 1 aromatic rings. The van der Waals surface area contributed by atoms with Crippen molar-refractivity contribution in [1.82, 2.24) is 9.78 Å². The van der Waals surface area contributed by atoms with Gasteiger partial charge in [-0.05, 0) is 6.42 Å². The molecule has 0 aromatic carbocycles. The fraction of sp³-hybridized carbons (Fsp3) is 0.500. The van der Waals surface area contributed by atoms with Crippen molar-refractivity contribution in [3.8, 4) is 0 Å². The van der Waals surface area contributed by atoms with Crippen molar-refractivity contribution in [2.45, 2.75) is 26.3 Å². The predicted molar refractivity (Wildman–Crippen MR) is 56.2 cm³/mol. The molecule has 0 unspecified atom stereocenters. The van der Waals surface area contributed by atoms with Gasteiger partial charge < -0.3 is 5.43 Å². The van der Waals surface area contributed by atoms with Gasteiger partial charge in [-0.1, -0.05) is 24.9 Å². The van der Waals surface area contributed by atoms with Crippen LogP contribution < -0.4 is 16.8 Å². The fourth-order valence-corrected chi connectivity index (χ4v) is 1.23. The number of aryl methyl sites for hydroxylation is 1. The summed E-state index contributed by atoms with van der Waals surface area (Å²) in [7, 11) is 0. The van der Waals surface area contributed by atoms with Crippen LogP contribution in [0.15, 0.2) is 11.0 Å². The average Bonchev–Trinajstić information content (AvgIpc) is 2.20. The molecule has 0 aliphatic heterocycles. The van der Waals surface area contributed by atoms with E-state index in [0.29, 0.717) is 12.2 Å². The van der Waals surface area contributed by atoms with Crippen molar-refractivity contribution in [2.24, 2.45) is 5.84 Å². The zero-order valence-corrected chi connectivity index (χ0v) is 8.71. The van der Waals surface area contributed by atoms with Crippen molar-refractivity contribution in [3.05, 3.63) is 21.6 Å². The third kappa shape index (κ3) is 2.24. The van der Waals surface area contributed by atoms with Crippen LogP contribution in [0.4, 0.5) is 5.69 Å². The Hall–Kier alpha value is -1.07. The Balaban J connectivity index is 2.99. The summed E-state index contributed by atoms with van der Waals surface area (Å²) in [5.41, 5.74) is 2.35. The molecule has 14 heavy (non-hydrogen) atoms. The lowest BCUT2D eigenvalue weighted by Crippen LogP contribution is -2.25. The van der Waals surface area contributed by atoms with Gasteiger partial charge >= 0.3 is 0 Å². The molecule has 0 radical (unpaired) electrons. The maximum Gasteiger partial charge on any atom is 0.287 e. The number of nitrogens with one attached hydrogen (secondary N) is 1. The van der Waals surface area contributed by atoms with Gasteiger partial charge in [-0.3, -0.25) is 10.6 Å². The van der Waals surface area contributed by atoms with Crippen LogP contribution in [0.25, 0.3) is 0 Å². The standard InChI is InChI=1S/C8H13ClN4O/c1-2-3-4-13-8(14)7(9)6(12-10)5-11-13/h5,12H,2-4,10H2,1H3. The second-order valence-electron chi connectivity index (χ2n) is 2.90. The summed E-state index contributed by atoms with van der Waals surface area (Å²) in [6, 6.07) is 0. The first kappa shape index (κ1) is 11.0. The maximum absolute atomic E-state index is 11.5. The number of hydrogen-bond donors (Lipinski definition) is 2. The Labute approximate surface area is 86.8 Å². The largest absolute Gasteiger partial charge is 0.321 e. The van der Waals surface area contributed by atoms with E-state index in [0.717, 1.165) is 12.8 Å². The second-order valence-corrected chi connectivity index (χ2v) is 3.28. The van der Waals surface area contributed by atoms with E-state index in [1.807, 2.05) is 6.92 Å². The number of anilines is 1. The minimum absolute atomic E-state index is 0.0820. The van der Waals surface area contributed by atoms with Gasteiger partial charge in [0.05, 0.1) is 11.9 Å². The van der Waals surface area contributed by atoms with Gasteiger partial charge in [-0.25, -0.2) is 4.68 Å². The van der Waals surface area contributed by atoms with E-state index in [4.69, 9.17) is 17.4 Å². The SMILES string of the molecule is CCCCn1ncc(NN)c(Cl)c1=O. The monoisotopic (exact) mass is 216 g/mol. The summed E-state index contributed by atoms with van der Waals surface area (Å²) in [6.45, 7) is 2.63. The lowest BCUT2D eigenvalue weighted by Gasteiger charge is -2.06. The Bertz CT molecular complexity index is 363. The van der Waals surface area contributed by atoms with Crippen molar-refractivity contribution >= 4 is 17.3 Å². The molecule has 0 fully saturated rings. The van der Waals surface area contributed by atoms with Gasteiger partial charge in [0.15, 0.2) is 0 Å². The number of aromatic nitrogens is 2. The van der Waals surface area contributed by atoms with Crippen LogP contribution >= 0.6 is 11.6 Å². The van der Waals surface area contributed by atoms with E-state index >= 15 is 0 Å². The van der Waals surface area contributed by atoms with E-state index in [-0.39, 0.29) is 10.6 Å². The van der Waals surface area contributed by atoms with E-state index in [9.17, 15) is 4.79 Å². The van der Waals surface area contributed by atoms with Gasteiger partial charge in [-0.15, -0.1) is 0 Å². The van der Waals surface area contributed by atoms with Gasteiger partial charge in [0.1, 0.15) is 5.02 Å². The minimum Gasteiger partial charge on any atom is -0.321 e. The Morgan fingerprint density at radius 2 is 2.43 bits per heavy atom. The molecule has 0 amide bonds. The lowest BCUT2D eigenvalue weighted by molar-refractivity contribution is 0.543. The molecule has 78 valence electrons. The molecular formula is C8H13ClN4O. The molecule has 1 aromatic heterocycles. The number of nitrogens with zero attached hydrogens (tertiary/aromatic N) is 2. The third-order valence-electron chi connectivity index (χ3n) is 1.86. The van der Waals surface area contributed by atoms with Gasteiger partial charge in [0.25, 0.3) is 5.56 Å². The van der Waals surface area contributed by atoms with Crippen LogP contribution in [0.1, 0.15) is 19.8 Å². The first-order valence-electron chi connectivity index (χ1n) is 4.43. The number of nitrogen functional groups attached to an aromatic ring is 1. The number of nitrogens with two attached hydrogens (primary N) is 1. The molecular weight excluding hydrogens is 204 g/mol. The number of hydrogen-bond acceptors (Lipinski definition) is 4. The highest BCUT2D eigenvalue weighted by Crippen LogP contribution is 2.13. The van der Waals surface area contributed by atoms with Crippen LogP contribution in [0.5, 0.6) is 0 Å². The number of hydrazine groups is 1. The smallest absolute Gasteiger partial charge is 0.287 e. The summed E-state index contributed by atoms with van der Waals surface area (Å²) in [4.78, 5) is 11.5. The Morgan fingerprint density at radius 3 is 3.00 bits per heavy atom. The summed E-state index contributed by atoms with van der Waals surface area (Å²) < 4.78 is 1.34. The van der Waals surface area contributed by atoms with Crippen molar-refractivity contribution in [1.29, 1.82) is 0 Å². The molecule has 5 nitrogen and oxygen atoms in total. The molecule has 0 bridgehead atoms. The van der Waals surface area contributed by atoms with Crippen LogP contribution in [-0.2, 0) is 6.54 Å². The second kappa shape index (κ2) is 4.97. The topological polar surface area (TPSA) is 72.9 Å². The normalized spacial score (nSPS) is 10.2. The number of rotatable bonds is 4. The molecule has 6 heteroatoms. The highest BCUT2D eigenvalue weighted by atomic mass is 35.5. The highest BCUT2D eigenvalue weighted by molar-refractivity contribution is 6.32. The summed E-state index contributed by atoms with van der Waals surface area (Å²) >= 11 is 5.76. The quantitative estimate of drug-likeness (QED) is 0.582. The van der Waals surface area contributed by atoms with Crippen LogP contribution in [0.2, 0.25) is 5.02 Å². The van der Waals surface area contributed by atoms with Gasteiger partial charge in [-0.2, -0.15) is 5.10 Å². The summed E-state index contributed by atoms with van der Waals surface area (Å²) in [6.07, 6.45) is 3.35. The lowest BCUT2D eigenvalue weighted by atomic mass is 10.3. The molecule has 1 heterocycles. The zero-order chi connectivity index (χ0) is 10.6. The highest BCUT2D eigenvalue weighted by Gasteiger charge is 2.07. The molecule has 1 rings (SSSR count). The molecule has 0 aliphatic carbocycles. The van der Waals surface area contributed by atoms with Crippen LogP contribution in [0, 0.1) is 0 Å². The molecule has 0 atom stereocenters. The fourth-order valence-electron chi connectivity index (χ4n) is 1.03. The van der Waals surface area contributed by atoms with E-state index < -0.39 is 0 Å². The van der Waals surface area contributed by atoms with E-state index in [1.54, 1.807) is 0 Å². The minimum atomic E-state index is -0.310. The predicted octanol–water partition coefficient (Wildman–Crippen LogP) is 0.982. The first-order chi connectivity index (χ1) is 6.70. The molecule has 0 aliphatic rings. The molecule has 0 spiro atoms. The molecule has 0 saturated carbocycles. The maximum atomic E-state index is 11.5. The number of unbranched alkanes of at least 4 members (excludes halogenated alkanes) is 1. The van der Waals surface area contributed by atoms with Gasteiger partial charge in [0, 0.05) is 6.54 Å². The van der Waals surface area contributed by atoms with Crippen LogP contribution in [-0.4, -0.2) is 9.78 Å². The Kier molecular flexibility index (Phi) is 3.91. The molecule has 0 saturated heterocycles.